The first kappa shape index (κ1) is 15.2. The first-order valence-electron chi connectivity index (χ1n) is 8.69. The Morgan fingerprint density at radius 1 is 1.29 bits per heavy atom. The third-order valence-electron chi connectivity index (χ3n) is 5.73. The van der Waals surface area contributed by atoms with E-state index in [0.717, 1.165) is 6.42 Å². The number of imidazole rings is 1. The Morgan fingerprint density at radius 2 is 2.08 bits per heavy atom. The number of nitrogens with two attached hydrogens (primary N) is 1. The Balaban J connectivity index is 1.87. The molecule has 0 amide bonds. The summed E-state index contributed by atoms with van der Waals surface area (Å²) in [5.74, 6) is 1.01. The van der Waals surface area contributed by atoms with Crippen LogP contribution in [-0.2, 0) is 11.2 Å². The molecule has 3 atom stereocenters. The Morgan fingerprint density at radius 3 is 2.92 bits per heavy atom. The summed E-state index contributed by atoms with van der Waals surface area (Å²) in [6, 6.07) is 8.68. The van der Waals surface area contributed by atoms with Crippen molar-refractivity contribution >= 4 is 11.8 Å². The maximum absolute atomic E-state index is 12.3. The molecule has 3 unspecified atom stereocenters. The first-order chi connectivity index (χ1) is 11.7. The molecule has 5 heteroatoms. The van der Waals surface area contributed by atoms with Crippen molar-refractivity contribution in [2.45, 2.75) is 38.1 Å². The number of aromatic nitrogens is 2. The lowest BCUT2D eigenvalue weighted by atomic mass is 9.66. The SMILES string of the molecule is COC(=O)c1c(N)ncn1C1c2ccccc2CC2CCCCC21. The largest absolute Gasteiger partial charge is 0.464 e. The van der Waals surface area contributed by atoms with Crippen molar-refractivity contribution in [3.05, 3.63) is 47.4 Å². The highest BCUT2D eigenvalue weighted by Gasteiger charge is 2.40. The van der Waals surface area contributed by atoms with Gasteiger partial charge in [-0.15, -0.1) is 0 Å². The van der Waals surface area contributed by atoms with Crippen LogP contribution >= 0.6 is 0 Å². The van der Waals surface area contributed by atoms with Gasteiger partial charge >= 0.3 is 5.97 Å². The molecule has 2 N–H and O–H groups in total. The number of nitrogens with zero attached hydrogens (tertiary/aromatic N) is 2. The second kappa shape index (κ2) is 5.96. The minimum absolute atomic E-state index is 0.110. The second-order valence-corrected chi connectivity index (χ2v) is 6.93. The molecule has 0 bridgehead atoms. The zero-order valence-corrected chi connectivity index (χ0v) is 13.9. The lowest BCUT2D eigenvalue weighted by Gasteiger charge is -2.43. The summed E-state index contributed by atoms with van der Waals surface area (Å²) in [7, 11) is 1.39. The van der Waals surface area contributed by atoms with Crippen LogP contribution in [-0.4, -0.2) is 22.6 Å². The van der Waals surface area contributed by atoms with Crippen molar-refractivity contribution in [1.82, 2.24) is 9.55 Å². The molecule has 1 saturated carbocycles. The van der Waals surface area contributed by atoms with Crippen molar-refractivity contribution in [2.24, 2.45) is 11.8 Å². The number of carbonyl (C=O) groups is 1. The Hall–Kier alpha value is -2.30. The molecule has 1 aromatic heterocycles. The van der Waals surface area contributed by atoms with Gasteiger partial charge < -0.3 is 15.0 Å². The van der Waals surface area contributed by atoms with Gasteiger partial charge in [0.15, 0.2) is 11.5 Å². The molecular formula is C19H23N3O2. The van der Waals surface area contributed by atoms with Crippen LogP contribution in [0.15, 0.2) is 30.6 Å². The van der Waals surface area contributed by atoms with Crippen LogP contribution in [0.5, 0.6) is 0 Å². The number of rotatable bonds is 2. The van der Waals surface area contributed by atoms with Gasteiger partial charge in [0.05, 0.1) is 19.5 Å². The number of benzene rings is 1. The zero-order chi connectivity index (χ0) is 16.7. The fourth-order valence-corrected chi connectivity index (χ4v) is 4.68. The molecule has 0 saturated heterocycles. The summed E-state index contributed by atoms with van der Waals surface area (Å²) in [6.45, 7) is 0. The average Bonchev–Trinajstić information content (AvgIpc) is 3.00. The van der Waals surface area contributed by atoms with Gasteiger partial charge in [0.2, 0.25) is 0 Å². The standard InChI is InChI=1S/C19H23N3O2/c1-24-19(23)17-18(20)21-11-22(17)16-14-8-4-2-6-12(14)10-13-7-3-5-9-15(13)16/h2,4,6,8,11,13,15-16H,3,5,7,9-10,20H2,1H3. The van der Waals surface area contributed by atoms with Crippen LogP contribution < -0.4 is 5.73 Å². The number of hydrogen-bond acceptors (Lipinski definition) is 4. The molecule has 1 heterocycles. The highest BCUT2D eigenvalue weighted by atomic mass is 16.5. The maximum Gasteiger partial charge on any atom is 0.358 e. The summed E-state index contributed by atoms with van der Waals surface area (Å²) in [6.07, 6.45) is 7.83. The molecule has 4 rings (SSSR count). The Bertz CT molecular complexity index is 768. The van der Waals surface area contributed by atoms with E-state index in [4.69, 9.17) is 10.5 Å². The monoisotopic (exact) mass is 325 g/mol. The van der Waals surface area contributed by atoms with Gasteiger partial charge in [-0.05, 0) is 42.2 Å². The van der Waals surface area contributed by atoms with Gasteiger partial charge in [0.25, 0.3) is 0 Å². The third kappa shape index (κ3) is 2.30. The highest BCUT2D eigenvalue weighted by molar-refractivity contribution is 5.92. The van der Waals surface area contributed by atoms with Crippen LogP contribution in [0.3, 0.4) is 0 Å². The maximum atomic E-state index is 12.3. The smallest absolute Gasteiger partial charge is 0.358 e. The first-order valence-corrected chi connectivity index (χ1v) is 8.69. The van der Waals surface area contributed by atoms with Crippen molar-refractivity contribution in [3.8, 4) is 0 Å². The van der Waals surface area contributed by atoms with Crippen molar-refractivity contribution < 1.29 is 9.53 Å². The lowest BCUT2D eigenvalue weighted by molar-refractivity contribution is 0.0581. The van der Waals surface area contributed by atoms with Crippen LogP contribution in [0.25, 0.3) is 0 Å². The van der Waals surface area contributed by atoms with E-state index in [2.05, 4.69) is 29.2 Å². The van der Waals surface area contributed by atoms with Gasteiger partial charge in [0.1, 0.15) is 0 Å². The number of ether oxygens (including phenoxy) is 1. The molecule has 5 nitrogen and oxygen atoms in total. The molecule has 1 aromatic carbocycles. The number of nitrogen functional groups attached to an aromatic ring is 1. The lowest BCUT2D eigenvalue weighted by Crippen LogP contribution is -2.36. The number of anilines is 1. The summed E-state index contributed by atoms with van der Waals surface area (Å²) in [5.41, 5.74) is 9.04. The van der Waals surface area contributed by atoms with E-state index < -0.39 is 5.97 Å². The minimum Gasteiger partial charge on any atom is -0.464 e. The fourth-order valence-electron chi connectivity index (χ4n) is 4.68. The number of fused-ring (bicyclic) bond motifs is 2. The van der Waals surface area contributed by atoms with Gasteiger partial charge in [-0.2, -0.15) is 0 Å². The van der Waals surface area contributed by atoms with Gasteiger partial charge in [-0.3, -0.25) is 0 Å². The molecule has 1 fully saturated rings. The summed E-state index contributed by atoms with van der Waals surface area (Å²) >= 11 is 0. The van der Waals surface area contributed by atoms with E-state index in [1.807, 2.05) is 4.57 Å². The topological polar surface area (TPSA) is 70.1 Å². The van der Waals surface area contributed by atoms with Crippen LogP contribution in [0.4, 0.5) is 5.82 Å². The van der Waals surface area contributed by atoms with Crippen molar-refractivity contribution in [1.29, 1.82) is 0 Å². The van der Waals surface area contributed by atoms with Crippen molar-refractivity contribution in [2.75, 3.05) is 12.8 Å². The molecule has 2 aliphatic carbocycles. The van der Waals surface area contributed by atoms with E-state index in [1.165, 1.54) is 43.9 Å². The number of hydrogen-bond donors (Lipinski definition) is 1. The molecule has 2 aromatic rings. The van der Waals surface area contributed by atoms with Gasteiger partial charge in [-0.25, -0.2) is 9.78 Å². The molecule has 0 radical (unpaired) electrons. The second-order valence-electron chi connectivity index (χ2n) is 6.93. The van der Waals surface area contributed by atoms with E-state index >= 15 is 0 Å². The third-order valence-corrected chi connectivity index (χ3v) is 5.73. The Labute approximate surface area is 141 Å². The predicted octanol–water partition coefficient (Wildman–Crippen LogP) is 3.20. The summed E-state index contributed by atoms with van der Waals surface area (Å²) in [4.78, 5) is 16.5. The predicted molar refractivity (Wildman–Crippen MR) is 91.7 cm³/mol. The van der Waals surface area contributed by atoms with Gasteiger partial charge in [0, 0.05) is 0 Å². The highest BCUT2D eigenvalue weighted by Crippen LogP contribution is 2.48. The molecule has 0 spiro atoms. The van der Waals surface area contributed by atoms with Crippen LogP contribution in [0.2, 0.25) is 0 Å². The molecule has 126 valence electrons. The number of methoxy groups -OCH3 is 1. The quantitative estimate of drug-likeness (QED) is 0.861. The van der Waals surface area contributed by atoms with E-state index in [1.54, 1.807) is 6.33 Å². The van der Waals surface area contributed by atoms with Crippen LogP contribution in [0.1, 0.15) is 53.3 Å². The number of carbonyl (C=O) groups excluding carboxylic acids is 1. The Kier molecular flexibility index (Phi) is 3.79. The molecule has 0 aliphatic heterocycles. The molecule has 24 heavy (non-hydrogen) atoms. The average molecular weight is 325 g/mol. The van der Waals surface area contributed by atoms with E-state index in [9.17, 15) is 4.79 Å². The van der Waals surface area contributed by atoms with Crippen molar-refractivity contribution in [3.63, 3.8) is 0 Å². The normalized spacial score (nSPS) is 25.6. The molecular weight excluding hydrogens is 302 g/mol. The van der Waals surface area contributed by atoms with E-state index in [0.29, 0.717) is 17.5 Å². The zero-order valence-electron chi connectivity index (χ0n) is 13.9. The minimum atomic E-state index is -0.416. The summed E-state index contributed by atoms with van der Waals surface area (Å²) < 4.78 is 6.91. The number of esters is 1. The van der Waals surface area contributed by atoms with E-state index in [-0.39, 0.29) is 11.9 Å². The summed E-state index contributed by atoms with van der Waals surface area (Å²) in [5, 5.41) is 0. The van der Waals surface area contributed by atoms with Crippen LogP contribution in [0, 0.1) is 11.8 Å². The molecule has 2 aliphatic rings. The van der Waals surface area contributed by atoms with Gasteiger partial charge in [-0.1, -0.05) is 37.1 Å². The fraction of sp³-hybridized carbons (Fsp3) is 0.474.